The van der Waals surface area contributed by atoms with Crippen LogP contribution in [0.25, 0.3) is 22.4 Å². The SMILES string of the molecule is Cc1ccc(-[n+]2[c-]n(-c3[c-]cccc3)c3ccccc32)cc1.[Pt+4].[c-]1cccc2c1N1c3[c-]cccc3N(c3ccccc3)c3cccc(c31)B2c1ccccc1. The van der Waals surface area contributed by atoms with E-state index in [0.29, 0.717) is 0 Å². The molecular formula is C50H34BN4Pt+. The second-order valence-electron chi connectivity index (χ2n) is 13.8. The predicted octanol–water partition coefficient (Wildman–Crippen LogP) is 9.18. The van der Waals surface area contributed by atoms with Gasteiger partial charge in [0, 0.05) is 5.69 Å². The Balaban J connectivity index is 0.000000156. The maximum atomic E-state index is 3.57. The maximum absolute atomic E-state index is 3.57. The van der Waals surface area contributed by atoms with Gasteiger partial charge in [-0.05, 0) is 54.3 Å². The summed E-state index contributed by atoms with van der Waals surface area (Å²) in [7, 11) is 0. The van der Waals surface area contributed by atoms with E-state index in [1.807, 2.05) is 36.4 Å². The first kappa shape index (κ1) is 35.3. The van der Waals surface area contributed by atoms with Gasteiger partial charge in [0.25, 0.3) is 6.33 Å². The normalized spacial score (nSPS) is 12.1. The summed E-state index contributed by atoms with van der Waals surface area (Å²) < 4.78 is 4.14. The van der Waals surface area contributed by atoms with Crippen LogP contribution < -0.4 is 30.8 Å². The molecule has 2 aliphatic rings. The molecule has 2 aliphatic heterocycles. The van der Waals surface area contributed by atoms with Gasteiger partial charge in [-0.2, -0.15) is 72.8 Å². The number of benzene rings is 8. The Morgan fingerprint density at radius 1 is 0.518 bits per heavy atom. The standard InChI is InChI=1S/C30H19BN2.C20H15N2.Pt/c1-3-12-22(13-4-1)31-24-16-7-8-18-26(24)33-28-20-10-9-19-27(28)32(23-14-5-2-6-15-23)29-21-11-17-25(31)30(29)33;1-16-11-13-18(14-12-16)22-15-21(17-7-3-2-4-8-17)19-9-5-6-10-20(19)22;/h1-17,19,21H;2-7,9-14H,1H3;/q-2;-1;+4. The van der Waals surface area contributed by atoms with Crippen molar-refractivity contribution >= 4 is 68.3 Å². The van der Waals surface area contributed by atoms with Crippen LogP contribution in [0.3, 0.4) is 0 Å². The molecule has 8 aromatic carbocycles. The van der Waals surface area contributed by atoms with Gasteiger partial charge in [-0.15, -0.1) is 11.5 Å². The van der Waals surface area contributed by atoms with Crippen LogP contribution in [0.4, 0.5) is 34.1 Å². The van der Waals surface area contributed by atoms with E-state index < -0.39 is 0 Å². The molecule has 0 bridgehead atoms. The summed E-state index contributed by atoms with van der Waals surface area (Å²) in [5.41, 5.74) is 16.3. The van der Waals surface area contributed by atoms with Gasteiger partial charge in [-0.3, -0.25) is 4.57 Å². The van der Waals surface area contributed by atoms with Crippen LogP contribution in [0.1, 0.15) is 5.56 Å². The molecule has 266 valence electrons. The van der Waals surface area contributed by atoms with Gasteiger partial charge in [0.15, 0.2) is 6.71 Å². The number of fused-ring (bicyclic) bond motifs is 5. The molecule has 0 radical (unpaired) electrons. The number of aryl methyl sites for hydroxylation is 1. The zero-order chi connectivity index (χ0) is 36.7. The summed E-state index contributed by atoms with van der Waals surface area (Å²) >= 11 is 0. The molecule has 0 aliphatic carbocycles. The van der Waals surface area contributed by atoms with Gasteiger partial charge in [-0.25, -0.2) is 0 Å². The first-order valence-electron chi connectivity index (χ1n) is 18.6. The molecule has 0 saturated carbocycles. The number of anilines is 6. The molecule has 0 unspecified atom stereocenters. The van der Waals surface area contributed by atoms with Gasteiger partial charge in [0.1, 0.15) is 0 Å². The number of hydrogen-bond donors (Lipinski definition) is 0. The van der Waals surface area contributed by atoms with Crippen molar-refractivity contribution in [3.8, 4) is 11.4 Å². The average molecular weight is 897 g/mol. The van der Waals surface area contributed by atoms with E-state index in [-0.39, 0.29) is 27.8 Å². The van der Waals surface area contributed by atoms with Crippen molar-refractivity contribution in [1.29, 1.82) is 0 Å². The molecule has 56 heavy (non-hydrogen) atoms. The molecule has 0 amide bonds. The largest absolute Gasteiger partial charge is 4.00 e. The Labute approximate surface area is 342 Å². The van der Waals surface area contributed by atoms with Crippen molar-refractivity contribution in [1.82, 2.24) is 4.57 Å². The first-order valence-corrected chi connectivity index (χ1v) is 18.6. The summed E-state index contributed by atoms with van der Waals surface area (Å²) in [6.45, 7) is 2.24. The molecule has 6 heteroatoms. The third-order valence-electron chi connectivity index (χ3n) is 10.4. The Bertz CT molecular complexity index is 2680. The van der Waals surface area contributed by atoms with E-state index in [0.717, 1.165) is 45.2 Å². The Morgan fingerprint density at radius 2 is 1.18 bits per heavy atom. The van der Waals surface area contributed by atoms with Crippen LogP contribution in [0, 0.1) is 31.5 Å². The van der Waals surface area contributed by atoms with Crippen LogP contribution in [0.2, 0.25) is 0 Å². The number of imidazole rings is 1. The third kappa shape index (κ3) is 6.06. The molecule has 0 spiro atoms. The van der Waals surface area contributed by atoms with Gasteiger partial charge in [-0.1, -0.05) is 119 Å². The molecule has 0 N–H and O–H groups in total. The number of aromatic nitrogens is 2. The number of nitrogens with zero attached hydrogens (tertiary/aromatic N) is 4. The van der Waals surface area contributed by atoms with E-state index in [1.54, 1.807) is 0 Å². The summed E-state index contributed by atoms with van der Waals surface area (Å²) in [5.74, 6) is 0. The molecule has 4 nitrogen and oxygen atoms in total. The van der Waals surface area contributed by atoms with Crippen LogP contribution in [0.15, 0.2) is 188 Å². The second kappa shape index (κ2) is 15.0. The van der Waals surface area contributed by atoms with Gasteiger partial charge < -0.3 is 14.4 Å². The summed E-state index contributed by atoms with van der Waals surface area (Å²) in [6.07, 6.45) is 3.44. The predicted molar refractivity (Wildman–Crippen MR) is 225 cm³/mol. The Hall–Kier alpha value is -6.42. The second-order valence-corrected chi connectivity index (χ2v) is 13.8. The fourth-order valence-corrected chi connectivity index (χ4v) is 7.99. The molecule has 11 rings (SSSR count). The molecule has 1 aromatic heterocycles. The smallest absolute Gasteiger partial charge is 0.362 e. The van der Waals surface area contributed by atoms with Gasteiger partial charge in [0.05, 0.1) is 28.1 Å². The van der Waals surface area contributed by atoms with E-state index in [2.05, 4.69) is 202 Å². The van der Waals surface area contributed by atoms with Crippen molar-refractivity contribution in [2.45, 2.75) is 6.92 Å². The van der Waals surface area contributed by atoms with Crippen LogP contribution in [-0.4, -0.2) is 11.3 Å². The van der Waals surface area contributed by atoms with Gasteiger partial charge in [0.2, 0.25) is 0 Å². The van der Waals surface area contributed by atoms with Crippen molar-refractivity contribution in [3.63, 3.8) is 0 Å². The van der Waals surface area contributed by atoms with E-state index in [4.69, 9.17) is 0 Å². The fourth-order valence-electron chi connectivity index (χ4n) is 7.99. The van der Waals surface area contributed by atoms with E-state index >= 15 is 0 Å². The Kier molecular flexibility index (Phi) is 9.47. The molecule has 3 heterocycles. The summed E-state index contributed by atoms with van der Waals surface area (Å²) in [5, 5.41) is 0. The third-order valence-corrected chi connectivity index (χ3v) is 10.4. The van der Waals surface area contributed by atoms with Gasteiger partial charge >= 0.3 is 21.1 Å². The minimum Gasteiger partial charge on any atom is -0.362 e. The minimum atomic E-state index is 0. The van der Waals surface area contributed by atoms with E-state index in [9.17, 15) is 0 Å². The van der Waals surface area contributed by atoms with Crippen LogP contribution >= 0.6 is 0 Å². The molecule has 0 atom stereocenters. The molecule has 0 saturated heterocycles. The minimum absolute atomic E-state index is 0. The molecular weight excluding hydrogens is 862 g/mol. The van der Waals surface area contributed by atoms with E-state index in [1.165, 1.54) is 33.3 Å². The number of para-hydroxylation sites is 7. The zero-order valence-corrected chi connectivity index (χ0v) is 32.9. The van der Waals surface area contributed by atoms with Crippen LogP contribution in [0.5, 0.6) is 0 Å². The average Bonchev–Trinajstić information content (AvgIpc) is 3.65. The van der Waals surface area contributed by atoms with Crippen molar-refractivity contribution in [3.05, 3.63) is 218 Å². The number of hydrogen-bond acceptors (Lipinski definition) is 2. The van der Waals surface area contributed by atoms with Crippen molar-refractivity contribution in [2.24, 2.45) is 0 Å². The maximum Gasteiger partial charge on any atom is 4.00 e. The number of rotatable bonds is 4. The quantitative estimate of drug-likeness (QED) is 0.0996. The summed E-state index contributed by atoms with van der Waals surface area (Å²) in [4.78, 5) is 4.71. The van der Waals surface area contributed by atoms with Crippen LogP contribution in [-0.2, 0) is 21.1 Å². The topological polar surface area (TPSA) is 15.3 Å². The van der Waals surface area contributed by atoms with Crippen molar-refractivity contribution in [2.75, 3.05) is 9.80 Å². The first-order chi connectivity index (χ1) is 27.2. The monoisotopic (exact) mass is 896 g/mol. The van der Waals surface area contributed by atoms with Crippen molar-refractivity contribution < 1.29 is 25.6 Å². The zero-order valence-electron chi connectivity index (χ0n) is 30.6. The molecule has 9 aromatic rings. The summed E-state index contributed by atoms with van der Waals surface area (Å²) in [6, 6.07) is 75.9. The fraction of sp³-hybridized carbons (Fsp3) is 0.0200. The molecule has 0 fully saturated rings. The Morgan fingerprint density at radius 3 is 1.96 bits per heavy atom.